The van der Waals surface area contributed by atoms with Crippen molar-refractivity contribution in [2.24, 2.45) is 5.40 Å². The van der Waals surface area contributed by atoms with Crippen molar-refractivity contribution in [1.82, 2.24) is 0 Å². The van der Waals surface area contributed by atoms with E-state index in [0.29, 0.717) is 0 Å². The van der Waals surface area contributed by atoms with Gasteiger partial charge in [-0.3, -0.25) is 0 Å². The standard InChI is InChI=1S/C12H21NO3Si.C6H9NSi/c1-14-17(15-2,16-3)11-7-10-13-12-8-5-4-6-9-12;7-8-6-4-2-1-3-5-6/h4-6,8-9,13H,7,10-11H2,1-3H3;1-5H,7-8H2. The Bertz CT molecular complexity index is 546. The first-order chi connectivity index (χ1) is 12.2. The van der Waals surface area contributed by atoms with Crippen LogP contribution in [0.3, 0.4) is 0 Å². The third-order valence-electron chi connectivity index (χ3n) is 3.77. The highest BCUT2D eigenvalue weighted by atomic mass is 28.4. The van der Waals surface area contributed by atoms with E-state index in [1.807, 2.05) is 48.5 Å². The number of nitrogens with two attached hydrogens (primary N) is 1. The zero-order valence-electron chi connectivity index (χ0n) is 15.4. The Morgan fingerprint density at radius 3 is 1.84 bits per heavy atom. The molecule has 0 radical (unpaired) electrons. The van der Waals surface area contributed by atoms with Crippen molar-refractivity contribution in [3.8, 4) is 0 Å². The average Bonchev–Trinajstić information content (AvgIpc) is 2.70. The van der Waals surface area contributed by atoms with E-state index < -0.39 is 18.5 Å². The highest BCUT2D eigenvalue weighted by molar-refractivity contribution is 6.60. The van der Waals surface area contributed by atoms with E-state index in [2.05, 4.69) is 17.4 Å². The number of rotatable bonds is 9. The van der Waals surface area contributed by atoms with Gasteiger partial charge >= 0.3 is 8.80 Å². The number of benzene rings is 2. The molecule has 0 unspecified atom stereocenters. The van der Waals surface area contributed by atoms with Crippen LogP contribution in [0.25, 0.3) is 0 Å². The quantitative estimate of drug-likeness (QED) is 0.514. The van der Waals surface area contributed by atoms with Crippen LogP contribution in [0.2, 0.25) is 6.04 Å². The summed E-state index contributed by atoms with van der Waals surface area (Å²) in [6.45, 7) is 0.884. The fourth-order valence-electron chi connectivity index (χ4n) is 2.26. The highest BCUT2D eigenvalue weighted by Gasteiger charge is 2.36. The third-order valence-corrected chi connectivity index (χ3v) is 7.55. The number of hydrogen-bond donors (Lipinski definition) is 2. The Balaban J connectivity index is 0.000000324. The molecule has 0 aliphatic rings. The zero-order valence-corrected chi connectivity index (χ0v) is 17.8. The van der Waals surface area contributed by atoms with Gasteiger partial charge in [0.25, 0.3) is 0 Å². The van der Waals surface area contributed by atoms with Gasteiger partial charge < -0.3 is 24.0 Å². The molecule has 3 N–H and O–H groups in total. The van der Waals surface area contributed by atoms with Gasteiger partial charge in [0.1, 0.15) is 9.68 Å². The summed E-state index contributed by atoms with van der Waals surface area (Å²) in [7, 11) is 2.12. The fourth-order valence-corrected chi connectivity index (χ4v) is 4.53. The lowest BCUT2D eigenvalue weighted by molar-refractivity contribution is 0.123. The van der Waals surface area contributed by atoms with Crippen molar-refractivity contribution < 1.29 is 13.3 Å². The van der Waals surface area contributed by atoms with E-state index in [0.717, 1.165) is 24.7 Å². The second kappa shape index (κ2) is 12.8. The summed E-state index contributed by atoms with van der Waals surface area (Å²) in [6, 6.07) is 21.2. The van der Waals surface area contributed by atoms with E-state index >= 15 is 0 Å². The smallest absolute Gasteiger partial charge is 0.385 e. The van der Waals surface area contributed by atoms with E-state index in [1.165, 1.54) is 5.19 Å². The van der Waals surface area contributed by atoms with Gasteiger partial charge in [-0.1, -0.05) is 53.7 Å². The van der Waals surface area contributed by atoms with Crippen LogP contribution in [0.1, 0.15) is 6.42 Å². The molecular formula is C18H30N2O3Si2. The minimum atomic E-state index is -2.40. The molecule has 0 aromatic heterocycles. The van der Waals surface area contributed by atoms with Crippen LogP contribution >= 0.6 is 0 Å². The van der Waals surface area contributed by atoms with Gasteiger partial charge in [0, 0.05) is 39.6 Å². The lowest BCUT2D eigenvalue weighted by atomic mass is 10.3. The van der Waals surface area contributed by atoms with E-state index in [1.54, 1.807) is 21.3 Å². The van der Waals surface area contributed by atoms with E-state index in [9.17, 15) is 0 Å². The molecule has 0 amide bonds. The molecule has 0 heterocycles. The molecular weight excluding hydrogens is 348 g/mol. The molecule has 0 bridgehead atoms. The Hall–Kier alpha value is -1.49. The maximum atomic E-state index is 5.49. The highest BCUT2D eigenvalue weighted by Crippen LogP contribution is 2.15. The maximum Gasteiger partial charge on any atom is 0.500 e. The van der Waals surface area contributed by atoms with Crippen LogP contribution < -0.4 is 15.9 Å². The molecule has 0 aliphatic carbocycles. The van der Waals surface area contributed by atoms with Crippen molar-refractivity contribution in [3.05, 3.63) is 60.7 Å². The first-order valence-corrected chi connectivity index (χ1v) is 11.8. The van der Waals surface area contributed by atoms with Gasteiger partial charge in [-0.2, -0.15) is 0 Å². The molecule has 5 nitrogen and oxygen atoms in total. The Kier molecular flexibility index (Phi) is 11.1. The van der Waals surface area contributed by atoms with Crippen LogP contribution in [-0.4, -0.2) is 46.4 Å². The monoisotopic (exact) mass is 378 g/mol. The minimum absolute atomic E-state index is 0.409. The molecule has 0 spiro atoms. The molecule has 25 heavy (non-hydrogen) atoms. The Morgan fingerprint density at radius 1 is 0.880 bits per heavy atom. The summed E-state index contributed by atoms with van der Waals surface area (Å²) in [4.78, 5) is 0. The third kappa shape index (κ3) is 8.44. The van der Waals surface area contributed by atoms with Crippen molar-refractivity contribution in [2.45, 2.75) is 12.5 Å². The largest absolute Gasteiger partial charge is 0.500 e. The van der Waals surface area contributed by atoms with Gasteiger partial charge in [0.2, 0.25) is 0 Å². The van der Waals surface area contributed by atoms with Crippen molar-refractivity contribution in [3.63, 3.8) is 0 Å². The normalized spacial score (nSPS) is 11.2. The van der Waals surface area contributed by atoms with Gasteiger partial charge in [-0.05, 0) is 18.6 Å². The van der Waals surface area contributed by atoms with Crippen LogP contribution in [0.15, 0.2) is 60.7 Å². The number of nitrogens with one attached hydrogen (secondary N) is 1. The van der Waals surface area contributed by atoms with Crippen LogP contribution in [-0.2, 0) is 13.3 Å². The van der Waals surface area contributed by atoms with Gasteiger partial charge in [0.05, 0.1) is 0 Å². The van der Waals surface area contributed by atoms with E-state index in [4.69, 9.17) is 18.7 Å². The van der Waals surface area contributed by atoms with Gasteiger partial charge in [0.15, 0.2) is 0 Å². The molecule has 0 atom stereocenters. The molecule has 138 valence electrons. The number of anilines is 1. The van der Waals surface area contributed by atoms with Crippen molar-refractivity contribution in [1.29, 1.82) is 0 Å². The summed E-state index contributed by atoms with van der Waals surface area (Å²) >= 11 is 0. The van der Waals surface area contributed by atoms with Crippen molar-refractivity contribution in [2.75, 3.05) is 33.2 Å². The molecule has 2 aromatic carbocycles. The van der Waals surface area contributed by atoms with Gasteiger partial charge in [-0.25, -0.2) is 0 Å². The van der Waals surface area contributed by atoms with Crippen LogP contribution in [0.5, 0.6) is 0 Å². The first-order valence-electron chi connectivity index (χ1n) is 8.38. The molecule has 2 rings (SSSR count). The Labute approximate surface area is 154 Å². The maximum absolute atomic E-state index is 5.49. The minimum Gasteiger partial charge on any atom is -0.385 e. The summed E-state index contributed by atoms with van der Waals surface area (Å²) in [5, 5.41) is 10.2. The fraction of sp³-hybridized carbons (Fsp3) is 0.333. The lowest BCUT2D eigenvalue weighted by Gasteiger charge is -2.24. The predicted molar refractivity (Wildman–Crippen MR) is 110 cm³/mol. The summed E-state index contributed by atoms with van der Waals surface area (Å²) in [5.74, 6) is 0. The number of para-hydroxylation sites is 1. The molecule has 0 saturated carbocycles. The summed E-state index contributed by atoms with van der Waals surface area (Å²) < 4.78 is 16.1. The Morgan fingerprint density at radius 2 is 1.40 bits per heavy atom. The molecule has 0 fully saturated rings. The van der Waals surface area contributed by atoms with Crippen LogP contribution in [0, 0.1) is 0 Å². The molecule has 2 aromatic rings. The lowest BCUT2D eigenvalue weighted by Crippen LogP contribution is -2.42. The van der Waals surface area contributed by atoms with Gasteiger partial charge in [-0.15, -0.1) is 0 Å². The van der Waals surface area contributed by atoms with Crippen LogP contribution in [0.4, 0.5) is 5.69 Å². The summed E-state index contributed by atoms with van der Waals surface area (Å²) in [6.07, 6.45) is 0.955. The SMILES string of the molecule is CO[Si](CCCNc1ccccc1)(OC)OC.N[SiH2]c1ccccc1. The molecule has 0 aliphatic heterocycles. The second-order valence-corrected chi connectivity index (χ2v) is 9.70. The second-order valence-electron chi connectivity index (χ2n) is 5.38. The molecule has 7 heteroatoms. The number of hydrogen-bond acceptors (Lipinski definition) is 5. The van der Waals surface area contributed by atoms with Crippen molar-refractivity contribution >= 4 is 29.4 Å². The first kappa shape index (κ1) is 21.6. The zero-order chi connectivity index (χ0) is 18.4. The topological polar surface area (TPSA) is 65.7 Å². The average molecular weight is 379 g/mol. The predicted octanol–water partition coefficient (Wildman–Crippen LogP) is 1.72. The summed E-state index contributed by atoms with van der Waals surface area (Å²) in [5.41, 5.74) is 1.13. The van der Waals surface area contributed by atoms with E-state index in [-0.39, 0.29) is 0 Å². The molecule has 0 saturated heterocycles.